The summed E-state index contributed by atoms with van der Waals surface area (Å²) in [6.07, 6.45) is 1.81. The third kappa shape index (κ3) is 5.43. The largest absolute Gasteiger partial charge is 0.383 e. The van der Waals surface area contributed by atoms with Crippen molar-refractivity contribution in [3.8, 4) is 0 Å². The summed E-state index contributed by atoms with van der Waals surface area (Å²) in [7, 11) is 1.55. The molecule has 1 saturated heterocycles. The highest BCUT2D eigenvalue weighted by molar-refractivity contribution is 7.22. The van der Waals surface area contributed by atoms with E-state index in [-0.39, 0.29) is 43.4 Å². The number of carbonyl (C=O) groups excluding carboxylic acids is 1. The highest BCUT2D eigenvalue weighted by atomic mass is 35.5. The van der Waals surface area contributed by atoms with Crippen LogP contribution >= 0.6 is 36.2 Å². The first kappa shape index (κ1) is 21.9. The second-order valence-electron chi connectivity index (χ2n) is 5.80. The maximum atomic E-state index is 11.9. The van der Waals surface area contributed by atoms with Crippen LogP contribution in [0.4, 0.5) is 5.13 Å². The summed E-state index contributed by atoms with van der Waals surface area (Å²) in [5, 5.41) is 4.08. The highest BCUT2D eigenvalue weighted by Gasteiger charge is 2.24. The van der Waals surface area contributed by atoms with Crippen LogP contribution < -0.4 is 16.0 Å². The lowest BCUT2D eigenvalue weighted by molar-refractivity contribution is -0.124. The molecule has 0 radical (unpaired) electrons. The Morgan fingerprint density at radius 1 is 1.40 bits per heavy atom. The van der Waals surface area contributed by atoms with Gasteiger partial charge in [-0.15, -0.1) is 24.8 Å². The number of rotatable bonds is 5. The number of anilines is 1. The zero-order chi connectivity index (χ0) is 16.2. The van der Waals surface area contributed by atoms with Crippen molar-refractivity contribution in [2.75, 3.05) is 31.7 Å². The van der Waals surface area contributed by atoms with Crippen LogP contribution in [0.3, 0.4) is 0 Å². The van der Waals surface area contributed by atoms with Crippen LogP contribution in [0.2, 0.25) is 0 Å². The van der Waals surface area contributed by atoms with Crippen LogP contribution in [-0.4, -0.2) is 49.8 Å². The number of methoxy groups -OCH3 is 1. The van der Waals surface area contributed by atoms with Crippen LogP contribution in [-0.2, 0) is 9.53 Å². The van der Waals surface area contributed by atoms with Gasteiger partial charge in [0.05, 0.1) is 16.8 Å². The SMILES string of the molecule is COCC(N)C(=O)NC1CCN(c2nc3ccccc3s2)CC1.Cl.Cl. The molecule has 3 rings (SSSR count). The summed E-state index contributed by atoms with van der Waals surface area (Å²) in [6, 6.07) is 7.77. The summed E-state index contributed by atoms with van der Waals surface area (Å²) in [6.45, 7) is 2.03. The minimum absolute atomic E-state index is 0. The monoisotopic (exact) mass is 406 g/mol. The normalized spacial score (nSPS) is 16.0. The van der Waals surface area contributed by atoms with Crippen LogP contribution in [0.1, 0.15) is 12.8 Å². The average molecular weight is 407 g/mol. The van der Waals surface area contributed by atoms with Gasteiger partial charge >= 0.3 is 0 Å². The first-order valence-electron chi connectivity index (χ1n) is 7.83. The predicted molar refractivity (Wildman–Crippen MR) is 107 cm³/mol. The molecule has 6 nitrogen and oxygen atoms in total. The van der Waals surface area contributed by atoms with Gasteiger partial charge in [0.1, 0.15) is 6.04 Å². The molecule has 1 unspecified atom stereocenters. The molecule has 0 aliphatic carbocycles. The van der Waals surface area contributed by atoms with E-state index >= 15 is 0 Å². The molecule has 1 amide bonds. The van der Waals surface area contributed by atoms with Crippen molar-refractivity contribution in [2.45, 2.75) is 24.9 Å². The number of ether oxygens (including phenoxy) is 1. The second kappa shape index (κ2) is 10.1. The van der Waals surface area contributed by atoms with E-state index in [2.05, 4.69) is 16.3 Å². The molecule has 0 spiro atoms. The molecule has 9 heteroatoms. The minimum Gasteiger partial charge on any atom is -0.383 e. The first-order valence-corrected chi connectivity index (χ1v) is 8.64. The third-order valence-corrected chi connectivity index (χ3v) is 5.17. The number of halogens is 2. The number of benzene rings is 1. The lowest BCUT2D eigenvalue weighted by atomic mass is 10.1. The van der Waals surface area contributed by atoms with Gasteiger partial charge in [-0.1, -0.05) is 23.5 Å². The van der Waals surface area contributed by atoms with E-state index in [9.17, 15) is 4.79 Å². The molecule has 3 N–H and O–H groups in total. The predicted octanol–water partition coefficient (Wildman–Crippen LogP) is 2.20. The third-order valence-electron chi connectivity index (χ3n) is 4.08. The zero-order valence-electron chi connectivity index (χ0n) is 14.0. The summed E-state index contributed by atoms with van der Waals surface area (Å²) >= 11 is 1.72. The standard InChI is InChI=1S/C16H22N4O2S.2ClH/c1-22-10-12(17)15(21)18-11-6-8-20(9-7-11)16-19-13-4-2-3-5-14(13)23-16;;/h2-5,11-12H,6-10,17H2,1H3,(H,18,21);2*1H. The Hall–Kier alpha value is -1.12. The number of nitrogens with two attached hydrogens (primary N) is 1. The van der Waals surface area contributed by atoms with Crippen molar-refractivity contribution in [1.82, 2.24) is 10.3 Å². The van der Waals surface area contributed by atoms with Gasteiger partial charge in [-0.2, -0.15) is 0 Å². The summed E-state index contributed by atoms with van der Waals surface area (Å²) in [5.74, 6) is -0.134. The average Bonchev–Trinajstić information content (AvgIpc) is 2.99. The molecule has 0 bridgehead atoms. The lowest BCUT2D eigenvalue weighted by Gasteiger charge is -2.32. The van der Waals surface area contributed by atoms with Crippen molar-refractivity contribution in [3.63, 3.8) is 0 Å². The van der Waals surface area contributed by atoms with Gasteiger partial charge in [0.25, 0.3) is 0 Å². The van der Waals surface area contributed by atoms with Crippen molar-refractivity contribution in [3.05, 3.63) is 24.3 Å². The molecule has 1 aromatic heterocycles. The summed E-state index contributed by atoms with van der Waals surface area (Å²) in [4.78, 5) is 18.9. The molecular formula is C16H24Cl2N4O2S. The molecule has 2 heterocycles. The van der Waals surface area contributed by atoms with Gasteiger partial charge in [-0.25, -0.2) is 4.98 Å². The Bertz CT molecular complexity index is 644. The number of thiazole rings is 1. The van der Waals surface area contributed by atoms with Crippen LogP contribution in [0.25, 0.3) is 10.2 Å². The van der Waals surface area contributed by atoms with Gasteiger partial charge in [0.2, 0.25) is 5.91 Å². The first-order chi connectivity index (χ1) is 11.2. The van der Waals surface area contributed by atoms with E-state index in [0.717, 1.165) is 36.6 Å². The molecule has 1 fully saturated rings. The van der Waals surface area contributed by atoms with E-state index in [1.54, 1.807) is 18.4 Å². The summed E-state index contributed by atoms with van der Waals surface area (Å²) in [5.41, 5.74) is 6.80. The van der Waals surface area contributed by atoms with E-state index in [0.29, 0.717) is 0 Å². The Morgan fingerprint density at radius 3 is 2.72 bits per heavy atom. The van der Waals surface area contributed by atoms with Crippen molar-refractivity contribution in [2.24, 2.45) is 5.73 Å². The number of fused-ring (bicyclic) bond motifs is 1. The van der Waals surface area contributed by atoms with Gasteiger partial charge in [0.15, 0.2) is 5.13 Å². The smallest absolute Gasteiger partial charge is 0.239 e. The lowest BCUT2D eigenvalue weighted by Crippen LogP contribution is -2.50. The number of hydrogen-bond donors (Lipinski definition) is 2. The molecule has 140 valence electrons. The number of amides is 1. The molecule has 1 aromatic carbocycles. The van der Waals surface area contributed by atoms with E-state index < -0.39 is 6.04 Å². The minimum atomic E-state index is -0.595. The zero-order valence-corrected chi connectivity index (χ0v) is 16.5. The maximum Gasteiger partial charge on any atom is 0.239 e. The molecule has 1 aliphatic rings. The maximum absolute atomic E-state index is 11.9. The van der Waals surface area contributed by atoms with Crippen LogP contribution in [0.15, 0.2) is 24.3 Å². The van der Waals surface area contributed by atoms with Crippen LogP contribution in [0.5, 0.6) is 0 Å². The Morgan fingerprint density at radius 2 is 2.08 bits per heavy atom. The quantitative estimate of drug-likeness (QED) is 0.795. The van der Waals surface area contributed by atoms with Gasteiger partial charge in [0, 0.05) is 26.2 Å². The molecule has 2 aromatic rings. The molecule has 25 heavy (non-hydrogen) atoms. The fraction of sp³-hybridized carbons (Fsp3) is 0.500. The second-order valence-corrected chi connectivity index (χ2v) is 6.81. The van der Waals surface area contributed by atoms with E-state index in [4.69, 9.17) is 15.5 Å². The summed E-state index contributed by atoms with van der Waals surface area (Å²) < 4.78 is 6.13. The fourth-order valence-electron chi connectivity index (χ4n) is 2.77. The number of para-hydroxylation sites is 1. The molecule has 1 aliphatic heterocycles. The molecular weight excluding hydrogens is 383 g/mol. The van der Waals surface area contributed by atoms with E-state index in [1.165, 1.54) is 4.70 Å². The fourth-order valence-corrected chi connectivity index (χ4v) is 3.79. The number of nitrogens with one attached hydrogen (secondary N) is 1. The molecule has 1 atom stereocenters. The van der Waals surface area contributed by atoms with E-state index in [1.807, 2.05) is 18.2 Å². The Kier molecular flexibility index (Phi) is 8.88. The number of hydrogen-bond acceptors (Lipinski definition) is 6. The van der Waals surface area contributed by atoms with Crippen molar-refractivity contribution >= 4 is 57.4 Å². The van der Waals surface area contributed by atoms with Gasteiger partial charge in [-0.3, -0.25) is 4.79 Å². The number of aromatic nitrogens is 1. The van der Waals surface area contributed by atoms with Gasteiger partial charge in [-0.05, 0) is 25.0 Å². The Balaban J connectivity index is 0.00000156. The topological polar surface area (TPSA) is 80.5 Å². The van der Waals surface area contributed by atoms with Crippen molar-refractivity contribution < 1.29 is 9.53 Å². The van der Waals surface area contributed by atoms with Gasteiger partial charge < -0.3 is 20.7 Å². The van der Waals surface area contributed by atoms with Crippen LogP contribution in [0, 0.1) is 0 Å². The number of nitrogens with zero attached hydrogens (tertiary/aromatic N) is 2. The highest BCUT2D eigenvalue weighted by Crippen LogP contribution is 2.30. The Labute approximate surface area is 163 Å². The number of carbonyl (C=O) groups is 1. The van der Waals surface area contributed by atoms with Crippen molar-refractivity contribution in [1.29, 1.82) is 0 Å². The number of piperidine rings is 1. The molecule has 0 saturated carbocycles.